The maximum atomic E-state index is 12.5. The van der Waals surface area contributed by atoms with Gasteiger partial charge in [-0.2, -0.15) is 0 Å². The molecule has 1 aliphatic heterocycles. The Balaban J connectivity index is 1.86. The first-order chi connectivity index (χ1) is 9.95. The topological polar surface area (TPSA) is 26.3 Å². The van der Waals surface area contributed by atoms with Crippen molar-refractivity contribution in [3.05, 3.63) is 64.2 Å². The number of carbonyl (C=O) groups is 1. The summed E-state index contributed by atoms with van der Waals surface area (Å²) in [5.41, 5.74) is 2.73. The molecule has 2 aromatic rings. The predicted octanol–water partition coefficient (Wildman–Crippen LogP) is 4.44. The minimum atomic E-state index is -0.0400. The van der Waals surface area contributed by atoms with E-state index in [9.17, 15) is 4.79 Å². The van der Waals surface area contributed by atoms with Crippen LogP contribution in [0.5, 0.6) is 5.75 Å². The number of halogens is 1. The van der Waals surface area contributed by atoms with Gasteiger partial charge in [-0.25, -0.2) is 0 Å². The van der Waals surface area contributed by atoms with Crippen molar-refractivity contribution >= 4 is 17.4 Å². The normalized spacial score (nSPS) is 15.4. The van der Waals surface area contributed by atoms with Crippen LogP contribution in [0.25, 0.3) is 0 Å². The molecule has 0 aromatic heterocycles. The lowest BCUT2D eigenvalue weighted by Crippen LogP contribution is -2.18. The molecular weight excluding hydrogens is 284 g/mol. The Morgan fingerprint density at radius 3 is 2.81 bits per heavy atom. The molecule has 0 atom stereocenters. The van der Waals surface area contributed by atoms with E-state index in [-0.39, 0.29) is 11.2 Å². The Bertz CT molecular complexity index is 704. The van der Waals surface area contributed by atoms with Crippen LogP contribution >= 0.6 is 11.6 Å². The summed E-state index contributed by atoms with van der Waals surface area (Å²) in [7, 11) is 0. The van der Waals surface area contributed by atoms with Crippen LogP contribution in [0.3, 0.4) is 0 Å². The Morgan fingerprint density at radius 1 is 1.24 bits per heavy atom. The molecule has 0 amide bonds. The molecule has 0 fully saturated rings. The number of hydrogen-bond donors (Lipinski definition) is 0. The van der Waals surface area contributed by atoms with Crippen LogP contribution in [-0.4, -0.2) is 12.4 Å². The lowest BCUT2D eigenvalue weighted by Gasteiger charge is -2.15. The van der Waals surface area contributed by atoms with E-state index in [1.807, 2.05) is 42.5 Å². The monoisotopic (exact) mass is 300 g/mol. The van der Waals surface area contributed by atoms with Crippen LogP contribution in [-0.2, 0) is 11.8 Å². The van der Waals surface area contributed by atoms with Gasteiger partial charge in [0.2, 0.25) is 0 Å². The van der Waals surface area contributed by atoms with Gasteiger partial charge in [-0.1, -0.05) is 37.6 Å². The summed E-state index contributed by atoms with van der Waals surface area (Å²) in [5, 5.41) is 0.656. The van der Waals surface area contributed by atoms with Gasteiger partial charge < -0.3 is 4.74 Å². The maximum absolute atomic E-state index is 12.5. The number of ketones is 1. The summed E-state index contributed by atoms with van der Waals surface area (Å²) < 4.78 is 5.65. The number of carbonyl (C=O) groups excluding carboxylic acids is 1. The Hall–Kier alpha value is -1.80. The third kappa shape index (κ3) is 2.81. The number of ether oxygens (including phenoxy) is 1. The molecule has 108 valence electrons. The second kappa shape index (κ2) is 5.19. The molecule has 0 saturated carbocycles. The number of fused-ring (bicyclic) bond motifs is 1. The average molecular weight is 301 g/mol. The minimum Gasteiger partial charge on any atom is -0.492 e. The standard InChI is InChI=1S/C18H17ClO2/c1-18(2)11-21-17-7-6-13(10-15(17)18)16(20)9-12-4-3-5-14(19)8-12/h3-8,10H,9,11H2,1-2H3. The van der Waals surface area contributed by atoms with Crippen molar-refractivity contribution in [2.45, 2.75) is 25.7 Å². The molecule has 1 aliphatic rings. The van der Waals surface area contributed by atoms with E-state index in [1.165, 1.54) is 0 Å². The van der Waals surface area contributed by atoms with Crippen molar-refractivity contribution < 1.29 is 9.53 Å². The van der Waals surface area contributed by atoms with Crippen LogP contribution < -0.4 is 4.74 Å². The molecular formula is C18H17ClO2. The van der Waals surface area contributed by atoms with E-state index in [2.05, 4.69) is 13.8 Å². The van der Waals surface area contributed by atoms with Gasteiger partial charge in [-0.3, -0.25) is 4.79 Å². The minimum absolute atomic E-state index is 0.0400. The molecule has 0 saturated heterocycles. The van der Waals surface area contributed by atoms with Crippen LogP contribution in [0.1, 0.15) is 35.3 Å². The maximum Gasteiger partial charge on any atom is 0.167 e. The fourth-order valence-electron chi connectivity index (χ4n) is 2.63. The zero-order valence-electron chi connectivity index (χ0n) is 12.2. The predicted molar refractivity (Wildman–Crippen MR) is 84.4 cm³/mol. The van der Waals surface area contributed by atoms with E-state index < -0.39 is 0 Å². The van der Waals surface area contributed by atoms with E-state index in [0.29, 0.717) is 18.1 Å². The van der Waals surface area contributed by atoms with E-state index >= 15 is 0 Å². The second-order valence-corrected chi connectivity index (χ2v) is 6.55. The molecule has 21 heavy (non-hydrogen) atoms. The molecule has 0 aliphatic carbocycles. The first kappa shape index (κ1) is 14.2. The fraction of sp³-hybridized carbons (Fsp3) is 0.278. The highest BCUT2D eigenvalue weighted by atomic mass is 35.5. The summed E-state index contributed by atoms with van der Waals surface area (Å²) in [5.74, 6) is 0.988. The van der Waals surface area contributed by atoms with Gasteiger partial charge in [-0.05, 0) is 35.9 Å². The summed E-state index contributed by atoms with van der Waals surface area (Å²) in [6, 6.07) is 13.1. The van der Waals surface area contributed by atoms with Gasteiger partial charge in [0.15, 0.2) is 5.78 Å². The van der Waals surface area contributed by atoms with Gasteiger partial charge in [0.1, 0.15) is 5.75 Å². The van der Waals surface area contributed by atoms with Crippen LogP contribution in [0.4, 0.5) is 0 Å². The van der Waals surface area contributed by atoms with Crippen molar-refractivity contribution in [1.82, 2.24) is 0 Å². The first-order valence-corrected chi connectivity index (χ1v) is 7.38. The van der Waals surface area contributed by atoms with Crippen LogP contribution in [0, 0.1) is 0 Å². The molecule has 0 unspecified atom stereocenters. The van der Waals surface area contributed by atoms with Crippen molar-refractivity contribution in [3.8, 4) is 5.75 Å². The average Bonchev–Trinajstić information content (AvgIpc) is 2.74. The highest BCUT2D eigenvalue weighted by Gasteiger charge is 2.32. The lowest BCUT2D eigenvalue weighted by molar-refractivity contribution is 0.0993. The van der Waals surface area contributed by atoms with Gasteiger partial charge in [0.05, 0.1) is 6.61 Å². The van der Waals surface area contributed by atoms with E-state index in [4.69, 9.17) is 16.3 Å². The van der Waals surface area contributed by atoms with Crippen molar-refractivity contribution in [3.63, 3.8) is 0 Å². The molecule has 3 heteroatoms. The molecule has 0 spiro atoms. The molecule has 0 radical (unpaired) electrons. The third-order valence-corrected chi connectivity index (χ3v) is 4.11. The van der Waals surface area contributed by atoms with E-state index in [0.717, 1.165) is 22.4 Å². The van der Waals surface area contributed by atoms with Gasteiger partial charge in [0, 0.05) is 28.0 Å². The van der Waals surface area contributed by atoms with Crippen molar-refractivity contribution in [2.24, 2.45) is 0 Å². The number of benzene rings is 2. The van der Waals surface area contributed by atoms with Crippen molar-refractivity contribution in [1.29, 1.82) is 0 Å². The summed E-state index contributed by atoms with van der Waals surface area (Å²) >= 11 is 5.96. The Kier molecular flexibility index (Phi) is 3.50. The quantitative estimate of drug-likeness (QED) is 0.784. The SMILES string of the molecule is CC1(C)COc2ccc(C(=O)Cc3cccc(Cl)c3)cc21. The second-order valence-electron chi connectivity index (χ2n) is 6.11. The zero-order chi connectivity index (χ0) is 15.0. The molecule has 1 heterocycles. The molecule has 3 rings (SSSR count). The first-order valence-electron chi connectivity index (χ1n) is 7.01. The summed E-state index contributed by atoms with van der Waals surface area (Å²) in [4.78, 5) is 12.5. The molecule has 2 aromatic carbocycles. The zero-order valence-corrected chi connectivity index (χ0v) is 12.9. The van der Waals surface area contributed by atoms with Crippen LogP contribution in [0.15, 0.2) is 42.5 Å². The van der Waals surface area contributed by atoms with Crippen LogP contribution in [0.2, 0.25) is 5.02 Å². The smallest absolute Gasteiger partial charge is 0.167 e. The largest absolute Gasteiger partial charge is 0.492 e. The van der Waals surface area contributed by atoms with Gasteiger partial charge >= 0.3 is 0 Å². The fourth-order valence-corrected chi connectivity index (χ4v) is 2.84. The number of hydrogen-bond acceptors (Lipinski definition) is 2. The van der Waals surface area contributed by atoms with Gasteiger partial charge in [-0.15, -0.1) is 0 Å². The van der Waals surface area contributed by atoms with Crippen molar-refractivity contribution in [2.75, 3.05) is 6.61 Å². The number of rotatable bonds is 3. The number of Topliss-reactive ketones (excluding diaryl/α,β-unsaturated/α-hetero) is 1. The molecule has 2 nitrogen and oxygen atoms in total. The molecule has 0 N–H and O–H groups in total. The third-order valence-electron chi connectivity index (χ3n) is 3.87. The highest BCUT2D eigenvalue weighted by Crippen LogP contribution is 2.38. The van der Waals surface area contributed by atoms with Gasteiger partial charge in [0.25, 0.3) is 0 Å². The highest BCUT2D eigenvalue weighted by molar-refractivity contribution is 6.30. The lowest BCUT2D eigenvalue weighted by atomic mass is 9.85. The van der Waals surface area contributed by atoms with E-state index in [1.54, 1.807) is 0 Å². The Labute approximate surface area is 129 Å². The summed E-state index contributed by atoms with van der Waals surface area (Å²) in [6.07, 6.45) is 0.362. The molecule has 0 bridgehead atoms. The Morgan fingerprint density at radius 2 is 2.05 bits per heavy atom. The summed E-state index contributed by atoms with van der Waals surface area (Å²) in [6.45, 7) is 4.92.